The molecule has 2 aromatic heterocycles. The van der Waals surface area contributed by atoms with E-state index in [2.05, 4.69) is 32.4 Å². The number of aromatic hydroxyl groups is 1. The summed E-state index contributed by atoms with van der Waals surface area (Å²) in [5, 5.41) is 20.4. The highest BCUT2D eigenvalue weighted by molar-refractivity contribution is 6.07. The summed E-state index contributed by atoms with van der Waals surface area (Å²) >= 11 is 0. The number of halogens is 1. The second-order valence-electron chi connectivity index (χ2n) is 8.05. The largest absolute Gasteiger partial charge is 0.505 e. The number of nitrogens with zero attached hydrogens (tertiary/aromatic N) is 3. The minimum Gasteiger partial charge on any atom is -0.505 e. The Labute approximate surface area is 166 Å². The van der Waals surface area contributed by atoms with Gasteiger partial charge in [0.2, 0.25) is 0 Å². The maximum Gasteiger partial charge on any atom is 0.252 e. The van der Waals surface area contributed by atoms with Crippen molar-refractivity contribution < 1.29 is 14.3 Å². The van der Waals surface area contributed by atoms with E-state index in [1.807, 2.05) is 6.92 Å². The van der Waals surface area contributed by atoms with Crippen LogP contribution in [-0.2, 0) is 0 Å². The lowest BCUT2D eigenvalue weighted by Gasteiger charge is -2.23. The second-order valence-corrected chi connectivity index (χ2v) is 8.05. The lowest BCUT2D eigenvalue weighted by Crippen LogP contribution is -2.43. The van der Waals surface area contributed by atoms with E-state index in [-0.39, 0.29) is 11.9 Å². The van der Waals surface area contributed by atoms with E-state index in [0.717, 1.165) is 18.5 Å². The van der Waals surface area contributed by atoms with Crippen molar-refractivity contribution in [3.05, 3.63) is 41.3 Å². The van der Waals surface area contributed by atoms with Gasteiger partial charge in [-0.15, -0.1) is 0 Å². The van der Waals surface area contributed by atoms with E-state index in [1.165, 1.54) is 18.6 Å². The van der Waals surface area contributed by atoms with Gasteiger partial charge in [0.05, 0.1) is 16.6 Å². The maximum atomic E-state index is 13.9. The van der Waals surface area contributed by atoms with Gasteiger partial charge in [-0.25, -0.2) is 9.37 Å². The van der Waals surface area contributed by atoms with E-state index in [4.69, 9.17) is 0 Å². The molecule has 4 heterocycles. The SMILES string of the molecule is Cc1[nH]nc2nc(-c3ccc(O)c(F)c3)cc(C(=O)N[C@H]3CC4CCC3N4C)c12. The quantitative estimate of drug-likeness (QED) is 0.634. The molecule has 3 N–H and O–H groups in total. The second kappa shape index (κ2) is 6.52. The molecule has 7 nitrogen and oxygen atoms in total. The van der Waals surface area contributed by atoms with Crippen LogP contribution in [0.2, 0.25) is 0 Å². The van der Waals surface area contributed by atoms with Gasteiger partial charge < -0.3 is 10.4 Å². The number of carbonyl (C=O) groups excluding carboxylic acids is 1. The van der Waals surface area contributed by atoms with Crippen LogP contribution in [0, 0.1) is 12.7 Å². The smallest absolute Gasteiger partial charge is 0.252 e. The molecule has 0 aliphatic carbocycles. The molecule has 8 heteroatoms. The standard InChI is InChI=1S/C21H22FN5O2/c1-10-19-13(21(29)24-16-8-12-4-5-17(16)27(12)2)9-15(23-20(19)26-25-10)11-3-6-18(28)14(22)7-11/h3,6-7,9,12,16-17,28H,4-5,8H2,1-2H3,(H,24,29)(H,23,25,26)/t12?,16-,17?/m0/s1. The zero-order valence-corrected chi connectivity index (χ0v) is 16.2. The van der Waals surface area contributed by atoms with Crippen LogP contribution in [0.4, 0.5) is 4.39 Å². The van der Waals surface area contributed by atoms with Gasteiger partial charge in [-0.3, -0.25) is 14.8 Å². The molecule has 29 heavy (non-hydrogen) atoms. The third kappa shape index (κ3) is 2.86. The fourth-order valence-electron chi connectivity index (χ4n) is 4.83. The van der Waals surface area contributed by atoms with Gasteiger partial charge in [0, 0.05) is 29.4 Å². The van der Waals surface area contributed by atoms with Crippen LogP contribution in [-0.4, -0.2) is 56.3 Å². The fourth-order valence-corrected chi connectivity index (χ4v) is 4.83. The van der Waals surface area contributed by atoms with Gasteiger partial charge in [0.1, 0.15) is 0 Å². The predicted octanol–water partition coefficient (Wildman–Crippen LogP) is 2.74. The third-order valence-electron chi connectivity index (χ3n) is 6.39. The van der Waals surface area contributed by atoms with Crippen LogP contribution < -0.4 is 5.32 Å². The van der Waals surface area contributed by atoms with E-state index in [0.29, 0.717) is 39.9 Å². The first-order valence-electron chi connectivity index (χ1n) is 9.80. The number of nitrogens with one attached hydrogen (secondary N) is 2. The molecule has 1 amide bonds. The number of phenols is 1. The van der Waals surface area contributed by atoms with Crippen molar-refractivity contribution in [2.45, 2.75) is 44.3 Å². The first-order chi connectivity index (χ1) is 13.9. The minimum atomic E-state index is -0.737. The highest BCUT2D eigenvalue weighted by Gasteiger charge is 2.44. The molecule has 3 aromatic rings. The predicted molar refractivity (Wildman–Crippen MR) is 106 cm³/mol. The van der Waals surface area contributed by atoms with Gasteiger partial charge in [0.25, 0.3) is 5.91 Å². The van der Waals surface area contributed by atoms with Crippen molar-refractivity contribution in [1.82, 2.24) is 25.4 Å². The Morgan fingerprint density at radius 3 is 2.86 bits per heavy atom. The summed E-state index contributed by atoms with van der Waals surface area (Å²) in [6, 6.07) is 6.75. The molecule has 150 valence electrons. The van der Waals surface area contributed by atoms with Crippen LogP contribution in [0.5, 0.6) is 5.75 Å². The number of aromatic amines is 1. The molecule has 2 saturated heterocycles. The molecule has 5 rings (SSSR count). The van der Waals surface area contributed by atoms with E-state index in [9.17, 15) is 14.3 Å². The van der Waals surface area contributed by atoms with Gasteiger partial charge in [-0.05, 0) is 57.5 Å². The molecule has 2 bridgehead atoms. The molecule has 2 fully saturated rings. The molecule has 0 saturated carbocycles. The number of H-pyrrole nitrogens is 1. The van der Waals surface area contributed by atoms with E-state index >= 15 is 0 Å². The van der Waals surface area contributed by atoms with Crippen LogP contribution in [0.15, 0.2) is 24.3 Å². The average molecular weight is 395 g/mol. The third-order valence-corrected chi connectivity index (χ3v) is 6.39. The zero-order valence-electron chi connectivity index (χ0n) is 16.2. The molecular weight excluding hydrogens is 373 g/mol. The Hall–Kier alpha value is -3.00. The molecule has 0 spiro atoms. The van der Waals surface area contributed by atoms with E-state index < -0.39 is 11.6 Å². The number of rotatable bonds is 3. The van der Waals surface area contributed by atoms with Gasteiger partial charge >= 0.3 is 0 Å². The molecule has 2 aliphatic rings. The minimum absolute atomic E-state index is 0.122. The number of hydrogen-bond donors (Lipinski definition) is 3. The van der Waals surface area contributed by atoms with Gasteiger partial charge in [-0.1, -0.05) is 0 Å². The summed E-state index contributed by atoms with van der Waals surface area (Å²) in [5.41, 5.74) is 2.53. The highest BCUT2D eigenvalue weighted by atomic mass is 19.1. The van der Waals surface area contributed by atoms with Crippen molar-refractivity contribution in [3.63, 3.8) is 0 Å². The number of benzene rings is 1. The first-order valence-corrected chi connectivity index (χ1v) is 9.80. The average Bonchev–Trinajstić information content (AvgIpc) is 3.35. The highest BCUT2D eigenvalue weighted by Crippen LogP contribution is 2.36. The number of carbonyl (C=O) groups is 1. The van der Waals surface area contributed by atoms with Crippen LogP contribution >= 0.6 is 0 Å². The monoisotopic (exact) mass is 395 g/mol. The summed E-state index contributed by atoms with van der Waals surface area (Å²) in [5.74, 6) is -1.34. The van der Waals surface area contributed by atoms with Crippen molar-refractivity contribution >= 4 is 16.9 Å². The fraction of sp³-hybridized carbons (Fsp3) is 0.381. The first kappa shape index (κ1) is 18.1. The van der Waals surface area contributed by atoms with Crippen molar-refractivity contribution in [2.75, 3.05) is 7.05 Å². The Morgan fingerprint density at radius 1 is 1.34 bits per heavy atom. The Kier molecular flexibility index (Phi) is 4.06. The lowest BCUT2D eigenvalue weighted by molar-refractivity contribution is 0.0929. The van der Waals surface area contributed by atoms with Gasteiger partial charge in [-0.2, -0.15) is 5.10 Å². The number of pyridine rings is 1. The molecule has 0 radical (unpaired) electrons. The van der Waals surface area contributed by atoms with Crippen LogP contribution in [0.25, 0.3) is 22.3 Å². The number of amides is 1. The molecule has 3 atom stereocenters. The Balaban J connectivity index is 1.54. The Morgan fingerprint density at radius 2 is 2.17 bits per heavy atom. The normalized spacial score (nSPS) is 23.8. The van der Waals surface area contributed by atoms with Crippen LogP contribution in [0.1, 0.15) is 35.3 Å². The summed E-state index contributed by atoms with van der Waals surface area (Å²) in [4.78, 5) is 20.1. The Bertz CT molecular complexity index is 1130. The summed E-state index contributed by atoms with van der Waals surface area (Å²) < 4.78 is 13.9. The van der Waals surface area contributed by atoms with Gasteiger partial charge in [0.15, 0.2) is 17.2 Å². The van der Waals surface area contributed by atoms with Crippen LogP contribution in [0.3, 0.4) is 0 Å². The summed E-state index contributed by atoms with van der Waals surface area (Å²) in [6.07, 6.45) is 3.24. The zero-order chi connectivity index (χ0) is 20.3. The maximum absolute atomic E-state index is 13.9. The molecule has 1 aromatic carbocycles. The number of aromatic nitrogens is 3. The van der Waals surface area contributed by atoms with Crippen molar-refractivity contribution in [3.8, 4) is 17.0 Å². The summed E-state index contributed by atoms with van der Waals surface area (Å²) in [7, 11) is 2.12. The number of hydrogen-bond acceptors (Lipinski definition) is 5. The number of likely N-dealkylation sites (N-methyl/N-ethyl adjacent to an activating group) is 1. The molecular formula is C21H22FN5O2. The number of phenolic OH excluding ortho intramolecular Hbond substituents is 1. The van der Waals surface area contributed by atoms with Crippen molar-refractivity contribution in [2.24, 2.45) is 0 Å². The van der Waals surface area contributed by atoms with E-state index in [1.54, 1.807) is 12.1 Å². The molecule has 2 unspecified atom stereocenters. The number of fused-ring (bicyclic) bond motifs is 3. The summed E-state index contributed by atoms with van der Waals surface area (Å²) in [6.45, 7) is 1.85. The topological polar surface area (TPSA) is 94.1 Å². The number of aryl methyl sites for hydroxylation is 1. The lowest BCUT2D eigenvalue weighted by atomic mass is 9.95. The van der Waals surface area contributed by atoms with Crippen molar-refractivity contribution in [1.29, 1.82) is 0 Å². The molecule has 2 aliphatic heterocycles.